The number of ether oxygens (including phenoxy) is 2. The summed E-state index contributed by atoms with van der Waals surface area (Å²) in [5, 5.41) is 0.867. The Balaban J connectivity index is 1.56. The molecular formula is C26H32O5. The summed E-state index contributed by atoms with van der Waals surface area (Å²) in [7, 11) is 0. The van der Waals surface area contributed by atoms with Crippen LogP contribution in [0.4, 0.5) is 0 Å². The molecule has 2 aliphatic rings. The molecule has 2 aliphatic carbocycles. The number of carbonyl (C=O) groups is 1. The molecule has 2 aromatic rings. The first kappa shape index (κ1) is 21.7. The molecule has 166 valence electrons. The molecule has 0 N–H and O–H groups in total. The molecule has 0 aliphatic heterocycles. The lowest BCUT2D eigenvalue weighted by molar-refractivity contribution is -0.175. The summed E-state index contributed by atoms with van der Waals surface area (Å²) in [4.78, 5) is 23.2. The highest BCUT2D eigenvalue weighted by Gasteiger charge is 2.57. The first-order chi connectivity index (χ1) is 14.6. The highest BCUT2D eigenvalue weighted by molar-refractivity contribution is 5.77. The first-order valence-corrected chi connectivity index (χ1v) is 11.1. The van der Waals surface area contributed by atoms with Gasteiger partial charge in [-0.25, -0.2) is 4.79 Å². The summed E-state index contributed by atoms with van der Waals surface area (Å²) in [6, 6.07) is 8.77. The van der Waals surface area contributed by atoms with E-state index in [0.717, 1.165) is 31.1 Å². The second kappa shape index (κ2) is 7.85. The standard InChI is InChI=1S/C26H32O5/c1-16-6-10-22-25(3,4)23(30-17(2)27)12-13-26(22,5)20(16)15-29-19-9-7-18-8-11-24(28)31-21(18)14-19/h7-9,11,14,20,22-23H,1,6,10,12-13,15H2,2-5H3/t20-,22-,23+,26+/m0/s1. The predicted molar refractivity (Wildman–Crippen MR) is 120 cm³/mol. The lowest BCUT2D eigenvalue weighted by Crippen LogP contribution is -2.56. The van der Waals surface area contributed by atoms with Crippen LogP contribution in [0.25, 0.3) is 11.0 Å². The Labute approximate surface area is 183 Å². The van der Waals surface area contributed by atoms with Crippen molar-refractivity contribution < 1.29 is 18.7 Å². The fourth-order valence-corrected chi connectivity index (χ4v) is 6.18. The molecule has 0 bridgehead atoms. The van der Waals surface area contributed by atoms with Gasteiger partial charge in [-0.3, -0.25) is 4.79 Å². The van der Waals surface area contributed by atoms with Gasteiger partial charge in [0.1, 0.15) is 17.4 Å². The number of benzene rings is 1. The minimum Gasteiger partial charge on any atom is -0.493 e. The third kappa shape index (κ3) is 3.90. The maximum Gasteiger partial charge on any atom is 0.336 e. The largest absolute Gasteiger partial charge is 0.493 e. The van der Waals surface area contributed by atoms with Crippen LogP contribution in [0.2, 0.25) is 0 Å². The van der Waals surface area contributed by atoms with E-state index in [9.17, 15) is 9.59 Å². The van der Waals surface area contributed by atoms with E-state index in [2.05, 4.69) is 27.4 Å². The van der Waals surface area contributed by atoms with Crippen LogP contribution in [-0.2, 0) is 9.53 Å². The van der Waals surface area contributed by atoms with Crippen LogP contribution in [0, 0.1) is 22.7 Å². The van der Waals surface area contributed by atoms with Gasteiger partial charge in [-0.2, -0.15) is 0 Å². The summed E-state index contributed by atoms with van der Waals surface area (Å²) in [6.45, 7) is 13.2. The van der Waals surface area contributed by atoms with Crippen molar-refractivity contribution in [2.45, 2.75) is 59.5 Å². The summed E-state index contributed by atoms with van der Waals surface area (Å²) in [5.41, 5.74) is 1.31. The Morgan fingerprint density at radius 1 is 1.19 bits per heavy atom. The Morgan fingerprint density at radius 2 is 1.94 bits per heavy atom. The van der Waals surface area contributed by atoms with Crippen LogP contribution in [0.1, 0.15) is 53.4 Å². The van der Waals surface area contributed by atoms with Gasteiger partial charge in [0, 0.05) is 35.8 Å². The minimum absolute atomic E-state index is 0.0267. The Bertz CT molecular complexity index is 1060. The molecule has 5 heteroatoms. The lowest BCUT2D eigenvalue weighted by Gasteiger charge is -2.59. The highest BCUT2D eigenvalue weighted by atomic mass is 16.5. The van der Waals surface area contributed by atoms with E-state index in [1.807, 2.05) is 12.1 Å². The quantitative estimate of drug-likeness (QED) is 0.368. The van der Waals surface area contributed by atoms with Gasteiger partial charge in [0.25, 0.3) is 0 Å². The maximum atomic E-state index is 11.6. The minimum atomic E-state index is -0.368. The molecule has 0 amide bonds. The SMILES string of the molecule is C=C1CC[C@H]2C(C)(C)[C@H](OC(C)=O)CC[C@]2(C)[C@H]1COc1ccc2ccc(=O)oc2c1. The fraction of sp³-hybridized carbons (Fsp3) is 0.538. The van der Waals surface area contributed by atoms with Crippen LogP contribution >= 0.6 is 0 Å². The third-order valence-electron chi connectivity index (χ3n) is 7.83. The second-order valence-electron chi connectivity index (χ2n) is 10.0. The Kier molecular flexibility index (Phi) is 5.48. The predicted octanol–water partition coefficient (Wildman–Crippen LogP) is 5.51. The van der Waals surface area contributed by atoms with E-state index in [4.69, 9.17) is 13.9 Å². The third-order valence-corrected chi connectivity index (χ3v) is 7.83. The van der Waals surface area contributed by atoms with Crippen LogP contribution in [0.3, 0.4) is 0 Å². The average molecular weight is 425 g/mol. The molecule has 5 nitrogen and oxygen atoms in total. The van der Waals surface area contributed by atoms with E-state index in [1.165, 1.54) is 18.6 Å². The highest BCUT2D eigenvalue weighted by Crippen LogP contribution is 2.61. The number of esters is 1. The van der Waals surface area contributed by atoms with Crippen molar-refractivity contribution in [2.24, 2.45) is 22.7 Å². The van der Waals surface area contributed by atoms with Crippen LogP contribution < -0.4 is 10.4 Å². The van der Waals surface area contributed by atoms with E-state index < -0.39 is 0 Å². The van der Waals surface area contributed by atoms with Crippen molar-refractivity contribution in [3.8, 4) is 5.75 Å². The van der Waals surface area contributed by atoms with E-state index >= 15 is 0 Å². The van der Waals surface area contributed by atoms with Crippen molar-refractivity contribution in [3.05, 3.63) is 52.9 Å². The van der Waals surface area contributed by atoms with Crippen molar-refractivity contribution in [1.29, 1.82) is 0 Å². The average Bonchev–Trinajstić information content (AvgIpc) is 2.69. The number of fused-ring (bicyclic) bond motifs is 2. The fourth-order valence-electron chi connectivity index (χ4n) is 6.18. The molecule has 4 atom stereocenters. The van der Waals surface area contributed by atoms with Gasteiger partial charge in [-0.1, -0.05) is 32.9 Å². The van der Waals surface area contributed by atoms with Crippen molar-refractivity contribution in [3.63, 3.8) is 0 Å². The van der Waals surface area contributed by atoms with E-state index in [1.54, 1.807) is 12.1 Å². The van der Waals surface area contributed by atoms with Gasteiger partial charge in [0.2, 0.25) is 0 Å². The molecule has 1 heterocycles. The van der Waals surface area contributed by atoms with Gasteiger partial charge in [-0.15, -0.1) is 0 Å². The van der Waals surface area contributed by atoms with Gasteiger partial charge in [0.05, 0.1) is 6.61 Å². The molecule has 2 saturated carbocycles. The van der Waals surface area contributed by atoms with Crippen LogP contribution in [0.5, 0.6) is 5.75 Å². The molecule has 31 heavy (non-hydrogen) atoms. The second-order valence-corrected chi connectivity index (χ2v) is 10.0. The topological polar surface area (TPSA) is 65.7 Å². The smallest absolute Gasteiger partial charge is 0.336 e. The summed E-state index contributed by atoms with van der Waals surface area (Å²) >= 11 is 0. The molecular weight excluding hydrogens is 392 g/mol. The van der Waals surface area contributed by atoms with Crippen LogP contribution in [-0.4, -0.2) is 18.7 Å². The van der Waals surface area contributed by atoms with Crippen molar-refractivity contribution >= 4 is 16.9 Å². The molecule has 2 fully saturated rings. The normalized spacial score (nSPS) is 29.9. The van der Waals surface area contributed by atoms with Crippen molar-refractivity contribution in [1.82, 2.24) is 0 Å². The Hall–Kier alpha value is -2.56. The number of carbonyl (C=O) groups excluding carboxylic acids is 1. The molecule has 0 unspecified atom stereocenters. The molecule has 0 radical (unpaired) electrons. The van der Waals surface area contributed by atoms with Crippen LogP contribution in [0.15, 0.2) is 51.7 Å². The number of hydrogen-bond acceptors (Lipinski definition) is 5. The summed E-state index contributed by atoms with van der Waals surface area (Å²) in [5.74, 6) is 1.10. The lowest BCUT2D eigenvalue weighted by atomic mass is 9.47. The Morgan fingerprint density at radius 3 is 2.68 bits per heavy atom. The van der Waals surface area contributed by atoms with Crippen molar-refractivity contribution in [2.75, 3.05) is 6.61 Å². The molecule has 0 saturated heterocycles. The maximum absolute atomic E-state index is 11.6. The molecule has 1 aromatic heterocycles. The van der Waals surface area contributed by atoms with Gasteiger partial charge < -0.3 is 13.9 Å². The summed E-state index contributed by atoms with van der Waals surface area (Å²) in [6.07, 6.45) is 3.78. The zero-order valence-corrected chi connectivity index (χ0v) is 18.9. The van der Waals surface area contributed by atoms with E-state index in [-0.39, 0.29) is 34.4 Å². The number of hydrogen-bond donors (Lipinski definition) is 0. The molecule has 0 spiro atoms. The molecule has 4 rings (SSSR count). The van der Waals surface area contributed by atoms with Gasteiger partial charge in [0.15, 0.2) is 0 Å². The first-order valence-electron chi connectivity index (χ1n) is 11.1. The monoisotopic (exact) mass is 424 g/mol. The number of rotatable bonds is 4. The van der Waals surface area contributed by atoms with Gasteiger partial charge in [-0.05, 0) is 55.2 Å². The molecule has 1 aromatic carbocycles. The zero-order valence-electron chi connectivity index (χ0n) is 18.9. The van der Waals surface area contributed by atoms with Gasteiger partial charge >= 0.3 is 11.6 Å². The zero-order chi connectivity index (χ0) is 22.4. The summed E-state index contributed by atoms with van der Waals surface area (Å²) < 4.78 is 17.2. The van der Waals surface area contributed by atoms with E-state index in [0.29, 0.717) is 23.9 Å².